The van der Waals surface area contributed by atoms with Gasteiger partial charge in [0.1, 0.15) is 12.6 Å². The van der Waals surface area contributed by atoms with Crippen LogP contribution in [0.5, 0.6) is 0 Å². The first-order chi connectivity index (χ1) is 16.5. The van der Waals surface area contributed by atoms with Gasteiger partial charge in [-0.25, -0.2) is 4.99 Å². The zero-order chi connectivity index (χ0) is 28.7. The van der Waals surface area contributed by atoms with E-state index in [1.54, 1.807) is 24.3 Å². The third-order valence-electron chi connectivity index (χ3n) is 2.77. The second-order valence-electron chi connectivity index (χ2n) is 5.80. The predicted octanol–water partition coefficient (Wildman–Crippen LogP) is 8.50. The molecule has 0 unspecified atom stereocenters. The average molecular weight is 633 g/mol. The molecule has 0 saturated heterocycles. The normalized spacial score (nSPS) is 13.8. The molecule has 1 atom stereocenters. The number of nitrogens with zero attached hydrogens (tertiary/aromatic N) is 5. The maximum atomic E-state index is 9.87. The van der Waals surface area contributed by atoms with Crippen molar-refractivity contribution in [3.8, 4) is 24.3 Å². The monoisotopic (exact) mass is 633 g/mol. The Hall–Kier alpha value is -3.50. The van der Waals surface area contributed by atoms with E-state index in [4.69, 9.17) is 25.8 Å². The van der Waals surface area contributed by atoms with Gasteiger partial charge >= 0.3 is 52.5 Å². The Morgan fingerprint density at radius 3 is 1.51 bits per heavy atom. The minimum absolute atomic E-state index is 0. The van der Waals surface area contributed by atoms with E-state index >= 15 is 0 Å². The van der Waals surface area contributed by atoms with Gasteiger partial charge in [0.05, 0.1) is 24.3 Å². The van der Waals surface area contributed by atoms with Crippen molar-refractivity contribution < 1.29 is 49.4 Å². The first-order valence-electron chi connectivity index (χ1n) is 9.57. The summed E-state index contributed by atoms with van der Waals surface area (Å²) in [7, 11) is -10.7. The molecule has 0 aliphatic carbocycles. The van der Waals surface area contributed by atoms with Gasteiger partial charge in [0.15, 0.2) is 0 Å². The van der Waals surface area contributed by atoms with Gasteiger partial charge in [-0.1, -0.05) is 48.5 Å². The number of nitriles is 4. The number of benzene rings is 2. The van der Waals surface area contributed by atoms with Crippen molar-refractivity contribution in [1.82, 2.24) is 0 Å². The van der Waals surface area contributed by atoms with Crippen LogP contribution in [0, 0.1) is 51.4 Å². The summed E-state index contributed by atoms with van der Waals surface area (Å²) in [6.07, 6.45) is 0. The Labute approximate surface area is 225 Å². The maximum absolute atomic E-state index is 10.7. The topological polar surface area (TPSA) is 117 Å². The summed E-state index contributed by atoms with van der Waals surface area (Å²) >= 11 is 0. The first-order valence-corrected chi connectivity index (χ1v) is 11.6. The molecule has 0 saturated carbocycles. The van der Waals surface area contributed by atoms with Crippen LogP contribution >= 0.6 is 7.81 Å². The molecule has 6 nitrogen and oxygen atoms in total. The van der Waals surface area contributed by atoms with Crippen LogP contribution in [-0.4, -0.2) is 12.5 Å². The third-order valence-corrected chi connectivity index (χ3v) is 2.77. The van der Waals surface area contributed by atoms with E-state index in [2.05, 4.69) is 23.2 Å². The first kappa shape index (κ1) is 40.7. The fourth-order valence-corrected chi connectivity index (χ4v) is 1.89. The molecule has 0 amide bonds. The summed E-state index contributed by atoms with van der Waals surface area (Å²) in [5.74, 6) is 0.694. The molecule has 202 valence electrons. The smallest absolute Gasteiger partial charge is 0.475 e. The average Bonchev–Trinajstić information content (AvgIpc) is 3.26. The van der Waals surface area contributed by atoms with E-state index in [1.165, 1.54) is 33.3 Å². The van der Waals surface area contributed by atoms with E-state index in [0.717, 1.165) is 5.56 Å². The molecule has 0 N–H and O–H groups in total. The zero-order valence-corrected chi connectivity index (χ0v) is 22.8. The fourth-order valence-electron chi connectivity index (χ4n) is 1.89. The number of aliphatic imine (C=N–C) groups is 1. The van der Waals surface area contributed by atoms with Crippen LogP contribution in [0.15, 0.2) is 59.6 Å². The van der Waals surface area contributed by atoms with Gasteiger partial charge in [0.2, 0.25) is 5.90 Å². The van der Waals surface area contributed by atoms with Crippen LogP contribution in [-0.2, 0) is 24.2 Å². The van der Waals surface area contributed by atoms with Gasteiger partial charge in [-0.05, 0) is 17.7 Å². The Bertz CT molecular complexity index is 1010. The van der Waals surface area contributed by atoms with Crippen molar-refractivity contribution in [2.75, 3.05) is 6.61 Å². The SMILES string of the molecule is CC#N.CC#N.CC#N.CC#N.F[P-](F)(F)(F)(F)F.[Ru+].[c]1ccccc1C1=N[C@@H](c2ccccc2)CO1. The van der Waals surface area contributed by atoms with E-state index in [-0.39, 0.29) is 25.5 Å². The van der Waals surface area contributed by atoms with E-state index < -0.39 is 7.81 Å². The number of hydrogen-bond donors (Lipinski definition) is 0. The number of halogens is 6. The summed E-state index contributed by atoms with van der Waals surface area (Å²) in [5.41, 5.74) is 2.12. The summed E-state index contributed by atoms with van der Waals surface area (Å²) < 4.78 is 64.8. The molecule has 2 aromatic carbocycles. The molecule has 0 bridgehead atoms. The van der Waals surface area contributed by atoms with Crippen molar-refractivity contribution in [2.45, 2.75) is 33.7 Å². The van der Waals surface area contributed by atoms with Crippen molar-refractivity contribution in [2.24, 2.45) is 4.99 Å². The van der Waals surface area contributed by atoms with Gasteiger partial charge in [-0.2, -0.15) is 21.0 Å². The molecule has 0 spiro atoms. The van der Waals surface area contributed by atoms with Crippen LogP contribution in [0.25, 0.3) is 0 Å². The summed E-state index contributed by atoms with van der Waals surface area (Å²) in [4.78, 5) is 4.59. The molecular weight excluding hydrogens is 608 g/mol. The van der Waals surface area contributed by atoms with Gasteiger partial charge in [0.25, 0.3) is 0 Å². The Morgan fingerprint density at radius 1 is 0.784 bits per heavy atom. The Balaban J connectivity index is -0.000000229. The van der Waals surface area contributed by atoms with Crippen LogP contribution in [0.3, 0.4) is 0 Å². The van der Waals surface area contributed by atoms with E-state index in [9.17, 15) is 25.2 Å². The molecule has 1 heterocycles. The number of rotatable bonds is 2. The van der Waals surface area contributed by atoms with Gasteiger partial charge in [-0.15, -0.1) is 0 Å². The molecule has 14 heteroatoms. The zero-order valence-electron chi connectivity index (χ0n) is 20.2. The molecule has 37 heavy (non-hydrogen) atoms. The van der Waals surface area contributed by atoms with Crippen molar-refractivity contribution in [3.05, 3.63) is 71.8 Å². The number of hydrogen-bond acceptors (Lipinski definition) is 6. The number of ether oxygens (including phenoxy) is 1. The minimum Gasteiger partial charge on any atom is -0.475 e. The molecule has 1 aliphatic rings. The van der Waals surface area contributed by atoms with Gasteiger partial charge in [0, 0.05) is 33.3 Å². The molecule has 1 aliphatic heterocycles. The second-order valence-corrected chi connectivity index (χ2v) is 7.72. The summed E-state index contributed by atoms with van der Waals surface area (Å²) in [6.45, 7) is 6.34. The predicted molar refractivity (Wildman–Crippen MR) is 126 cm³/mol. The Kier molecular flexibility index (Phi) is 21.6. The standard InChI is InChI=1S/C15H12NO.4C2H3N.F6P.Ru/c1-3-7-12(8-4-1)14-11-17-15(16-14)13-9-5-2-6-10-13;4*1-2-3;1-7(2,3,4,5)6;/h1-9,14H,11H2;4*1H3;;/q;;;;;-1;+1/t14-;;;;;;/m1....../s1. The molecule has 0 aromatic heterocycles. The molecule has 2 aromatic rings. The van der Waals surface area contributed by atoms with Crippen LogP contribution in [0.2, 0.25) is 0 Å². The second kappa shape index (κ2) is 19.7. The van der Waals surface area contributed by atoms with Gasteiger partial charge < -0.3 is 4.74 Å². The van der Waals surface area contributed by atoms with Gasteiger partial charge in [-0.3, -0.25) is 0 Å². The third kappa shape index (κ3) is 34.7. The van der Waals surface area contributed by atoms with Crippen molar-refractivity contribution in [3.63, 3.8) is 0 Å². The molecule has 3 rings (SSSR count). The minimum atomic E-state index is -10.7. The van der Waals surface area contributed by atoms with Crippen LogP contribution in [0.4, 0.5) is 25.2 Å². The summed E-state index contributed by atoms with van der Waals surface area (Å²) in [6, 6.07) is 28.2. The quantitative estimate of drug-likeness (QED) is 0.187. The Morgan fingerprint density at radius 2 is 1.16 bits per heavy atom. The largest absolute Gasteiger partial charge is 1.00 e. The summed E-state index contributed by atoms with van der Waals surface area (Å²) in [5, 5.41) is 29.3. The van der Waals surface area contributed by atoms with Crippen LogP contribution < -0.4 is 0 Å². The molecule has 2 radical (unpaired) electrons. The maximum Gasteiger partial charge on any atom is 1.00 e. The van der Waals surface area contributed by atoms with E-state index in [0.29, 0.717) is 12.5 Å². The van der Waals surface area contributed by atoms with Crippen molar-refractivity contribution in [1.29, 1.82) is 21.0 Å². The van der Waals surface area contributed by atoms with Crippen LogP contribution in [0.1, 0.15) is 44.9 Å². The molecule has 0 fully saturated rings. The molecular formula is C23H24F6N5OPRu. The van der Waals surface area contributed by atoms with E-state index in [1.807, 2.05) is 42.5 Å². The fraction of sp³-hybridized carbons (Fsp3) is 0.261. The van der Waals surface area contributed by atoms with Crippen molar-refractivity contribution >= 4 is 13.7 Å².